The zero-order valence-corrected chi connectivity index (χ0v) is 78.9. The third-order valence-electron chi connectivity index (χ3n) is 31.2. The van der Waals surface area contributed by atoms with Gasteiger partial charge in [0.2, 0.25) is 0 Å². The molecule has 0 spiro atoms. The normalized spacial score (nSPS) is 13.5. The molecular weight excluding hydrogens is 1710 g/mol. The van der Waals surface area contributed by atoms with Crippen LogP contribution >= 0.6 is 0 Å². The molecule has 0 aliphatic heterocycles. The number of aromatic nitrogens is 3. The molecule has 6 nitrogen and oxygen atoms in total. The van der Waals surface area contributed by atoms with Crippen LogP contribution in [0.3, 0.4) is 0 Å². The molecule has 0 unspecified atom stereocenters. The highest BCUT2D eigenvalue weighted by atomic mass is 16.3. The van der Waals surface area contributed by atoms with Crippen molar-refractivity contribution in [2.24, 2.45) is 0 Å². The molecule has 3 aliphatic carbocycles. The van der Waals surface area contributed by atoms with Gasteiger partial charge in [0.15, 0.2) is 0 Å². The van der Waals surface area contributed by atoms with Crippen LogP contribution in [-0.4, -0.2) is 13.7 Å². The molecule has 0 amide bonds. The SMILES string of the molecule is CC1(C)c2cc(-n3c4ccc(-c5ccccc5)cc4c4cc(-c5ccccc5)ccc43)ccc2-c2c1ccc1oc3ccccc3c21.CC1(C)c2cc(-n3c4ccc(-c5ccccc5)cc4c4cc(-c5ccccc5)ccc43)ccc2-c2cc3c(cc21)oc1ccccc13.CC1(C)c2cc(-n3c4ccc(-c5ccccc5)cc4c4cc(-c5ccccc5)ccc43)ccc2-c2ccc3c(oc4ccccc43)c21. The van der Waals surface area contributed by atoms with E-state index in [2.05, 4.69) is 498 Å². The van der Waals surface area contributed by atoms with E-state index in [1.807, 2.05) is 12.1 Å². The first kappa shape index (κ1) is 81.7. The molecule has 0 N–H and O–H groups in total. The van der Waals surface area contributed by atoms with Crippen LogP contribution in [0.1, 0.15) is 74.9 Å². The van der Waals surface area contributed by atoms with Crippen molar-refractivity contribution < 1.29 is 13.3 Å². The van der Waals surface area contributed by atoms with Crippen molar-refractivity contribution >= 4 is 131 Å². The Morgan fingerprint density at radius 3 is 0.879 bits per heavy atom. The zero-order valence-electron chi connectivity index (χ0n) is 78.9. The Labute approximate surface area is 815 Å². The summed E-state index contributed by atoms with van der Waals surface area (Å²) >= 11 is 0. The Kier molecular flexibility index (Phi) is 18.1. The monoisotopic (exact) mass is 1800 g/mol. The summed E-state index contributed by atoms with van der Waals surface area (Å²) in [6.07, 6.45) is 0. The average molecular weight is 1810 g/mol. The lowest BCUT2D eigenvalue weighted by atomic mass is 9.81. The van der Waals surface area contributed by atoms with Gasteiger partial charge in [0.05, 0.1) is 33.1 Å². The van der Waals surface area contributed by atoms with Gasteiger partial charge in [-0.25, -0.2) is 0 Å². The topological polar surface area (TPSA) is 54.2 Å². The quantitative estimate of drug-likeness (QED) is 0.145. The fraction of sp³-hybridized carbons (Fsp3) is 0.0667. The van der Waals surface area contributed by atoms with Crippen LogP contribution in [0.4, 0.5) is 0 Å². The minimum Gasteiger partial charge on any atom is -0.456 e. The summed E-state index contributed by atoms with van der Waals surface area (Å²) in [5, 5.41) is 14.7. The van der Waals surface area contributed by atoms with E-state index in [9.17, 15) is 0 Å². The van der Waals surface area contributed by atoms with Gasteiger partial charge in [-0.3, -0.25) is 0 Å². The molecule has 21 aromatic carbocycles. The molecule has 0 radical (unpaired) electrons. The lowest BCUT2D eigenvalue weighted by Crippen LogP contribution is -2.15. The lowest BCUT2D eigenvalue weighted by molar-refractivity contribution is 0.619. The Morgan fingerprint density at radius 2 is 0.475 bits per heavy atom. The second-order valence-corrected chi connectivity index (χ2v) is 40.1. The first-order valence-corrected chi connectivity index (χ1v) is 49.1. The molecule has 0 bridgehead atoms. The van der Waals surface area contributed by atoms with Gasteiger partial charge >= 0.3 is 0 Å². The molecule has 6 aromatic heterocycles. The van der Waals surface area contributed by atoms with E-state index >= 15 is 0 Å². The van der Waals surface area contributed by atoms with Gasteiger partial charge in [0.1, 0.15) is 33.5 Å². The first-order chi connectivity index (χ1) is 69.2. The van der Waals surface area contributed by atoms with Gasteiger partial charge in [0, 0.05) is 104 Å². The second kappa shape index (κ2) is 31.2. The number of benzene rings is 21. The van der Waals surface area contributed by atoms with Crippen LogP contribution in [0.15, 0.2) is 468 Å². The standard InChI is InChI=1S/3C45H31NO/c1-45(2)39-27-32(19-20-33(39)35-21-22-36-34-15-9-10-16-42(34)47-44(36)43(35)45)46-40-23-17-30(28-11-5-3-6-12-28)25-37(40)38-26-31(18-24-41(38)46)29-13-7-4-8-14-29;1-45(2)37-21-24-42-44(34-15-9-10-16-41(34)47-42)43(37)33-20-19-32(27-38(33)45)46-39-22-17-30(28-11-5-3-6-12-28)25-35(39)36-26-31(18-23-40(36)46)29-13-7-4-8-14-29;1-45(2)39-25-32(19-20-33(39)35-26-38-34-15-9-10-16-43(34)47-44(38)27-40(35)45)46-41-21-17-30(28-11-5-3-6-12-28)23-36(41)37-24-31(18-22-42(37)46)29-13-7-4-8-14-29/h3*3-27H,1-2H3. The van der Waals surface area contributed by atoms with E-state index in [-0.39, 0.29) is 16.2 Å². The van der Waals surface area contributed by atoms with Crippen molar-refractivity contribution in [3.8, 4) is 117 Å². The molecule has 30 rings (SSSR count). The second-order valence-electron chi connectivity index (χ2n) is 40.1. The maximum absolute atomic E-state index is 6.57. The largest absolute Gasteiger partial charge is 0.456 e. The van der Waals surface area contributed by atoms with Crippen LogP contribution in [0, 0.1) is 0 Å². The molecule has 0 fully saturated rings. The fourth-order valence-corrected chi connectivity index (χ4v) is 24.2. The van der Waals surface area contributed by atoms with E-state index in [0.717, 1.165) is 33.5 Å². The first-order valence-electron chi connectivity index (χ1n) is 49.1. The summed E-state index contributed by atoms with van der Waals surface area (Å²) in [7, 11) is 0. The Hall–Kier alpha value is -17.6. The van der Waals surface area contributed by atoms with E-state index in [0.29, 0.717) is 0 Å². The zero-order chi connectivity index (χ0) is 93.8. The van der Waals surface area contributed by atoms with Gasteiger partial charge < -0.3 is 27.0 Å². The maximum atomic E-state index is 6.57. The molecule has 0 atom stereocenters. The number of rotatable bonds is 9. The summed E-state index contributed by atoms with van der Waals surface area (Å²) in [4.78, 5) is 0. The maximum Gasteiger partial charge on any atom is 0.140 e. The van der Waals surface area contributed by atoms with E-state index in [4.69, 9.17) is 13.3 Å². The highest BCUT2D eigenvalue weighted by Crippen LogP contribution is 2.58. The van der Waals surface area contributed by atoms with E-state index < -0.39 is 0 Å². The minimum atomic E-state index is -0.228. The Balaban J connectivity index is 0.000000104. The van der Waals surface area contributed by atoms with Gasteiger partial charge in [-0.05, 0) is 280 Å². The number of furan rings is 3. The predicted octanol–water partition coefficient (Wildman–Crippen LogP) is 37.0. The predicted molar refractivity (Wildman–Crippen MR) is 589 cm³/mol. The summed E-state index contributed by atoms with van der Waals surface area (Å²) < 4.78 is 26.6. The summed E-state index contributed by atoms with van der Waals surface area (Å²) in [5.74, 6) is 0. The van der Waals surface area contributed by atoms with Crippen molar-refractivity contribution in [2.45, 2.75) is 57.8 Å². The van der Waals surface area contributed by atoms with E-state index in [1.54, 1.807) is 0 Å². The lowest BCUT2D eigenvalue weighted by Gasteiger charge is -2.22. The summed E-state index contributed by atoms with van der Waals surface area (Å²) in [5.41, 5.74) is 46.4. The molecular formula is C135H93N3O3. The molecule has 141 heavy (non-hydrogen) atoms. The average Bonchev–Trinajstić information content (AvgIpc) is 1.57. The van der Waals surface area contributed by atoms with Crippen molar-refractivity contribution in [3.05, 3.63) is 488 Å². The van der Waals surface area contributed by atoms with Gasteiger partial charge in [0.25, 0.3) is 0 Å². The third kappa shape index (κ3) is 12.7. The van der Waals surface area contributed by atoms with Crippen LogP contribution in [0.5, 0.6) is 0 Å². The van der Waals surface area contributed by atoms with Crippen LogP contribution in [0.25, 0.3) is 248 Å². The van der Waals surface area contributed by atoms with Crippen LogP contribution in [-0.2, 0) is 16.2 Å². The third-order valence-corrected chi connectivity index (χ3v) is 31.2. The van der Waals surface area contributed by atoms with Gasteiger partial charge in [-0.2, -0.15) is 0 Å². The van der Waals surface area contributed by atoms with Gasteiger partial charge in [-0.15, -0.1) is 0 Å². The molecule has 6 heteroatoms. The number of para-hydroxylation sites is 3. The van der Waals surface area contributed by atoms with E-state index in [1.165, 1.54) is 248 Å². The van der Waals surface area contributed by atoms with Crippen molar-refractivity contribution in [1.82, 2.24) is 13.7 Å². The fourth-order valence-electron chi connectivity index (χ4n) is 24.2. The Morgan fingerprint density at radius 1 is 0.170 bits per heavy atom. The summed E-state index contributed by atoms with van der Waals surface area (Å²) in [6, 6.07) is 166. The molecule has 0 saturated heterocycles. The molecule has 666 valence electrons. The number of hydrogen-bond donors (Lipinski definition) is 0. The highest BCUT2D eigenvalue weighted by molar-refractivity contribution is 6.19. The Bertz CT molecular complexity index is 9580. The van der Waals surface area contributed by atoms with Crippen molar-refractivity contribution in [2.75, 3.05) is 0 Å². The number of fused-ring (bicyclic) bond motifs is 29. The molecule has 27 aromatic rings. The number of nitrogens with zero attached hydrogens (tertiary/aromatic N) is 3. The molecule has 6 heterocycles. The smallest absolute Gasteiger partial charge is 0.140 e. The van der Waals surface area contributed by atoms with Crippen molar-refractivity contribution in [1.29, 1.82) is 0 Å². The molecule has 0 saturated carbocycles. The highest BCUT2D eigenvalue weighted by Gasteiger charge is 2.42. The van der Waals surface area contributed by atoms with Crippen LogP contribution in [0.2, 0.25) is 0 Å². The van der Waals surface area contributed by atoms with Crippen LogP contribution < -0.4 is 0 Å². The minimum absolute atomic E-state index is 0.160. The molecule has 3 aliphatic rings. The van der Waals surface area contributed by atoms with Gasteiger partial charge in [-0.1, -0.05) is 345 Å². The number of hydrogen-bond acceptors (Lipinski definition) is 3. The summed E-state index contributed by atoms with van der Waals surface area (Å²) in [6.45, 7) is 14.1. The van der Waals surface area contributed by atoms with Crippen molar-refractivity contribution in [3.63, 3.8) is 0 Å².